The van der Waals surface area contributed by atoms with Crippen LogP contribution >= 0.6 is 0 Å². The molecule has 0 aliphatic heterocycles. The molecule has 1 heterocycles. The van der Waals surface area contributed by atoms with Crippen LogP contribution < -0.4 is 5.73 Å². The number of hydrogen-bond acceptors (Lipinski definition) is 3. The minimum absolute atomic E-state index is 0.0904. The van der Waals surface area contributed by atoms with Crippen LogP contribution in [0.5, 0.6) is 0 Å². The average Bonchev–Trinajstić information content (AvgIpc) is 2.83. The predicted octanol–water partition coefficient (Wildman–Crippen LogP) is 1.39. The maximum absolute atomic E-state index is 12.6. The fourth-order valence-electron chi connectivity index (χ4n) is 2.07. The van der Waals surface area contributed by atoms with Crippen molar-refractivity contribution in [2.45, 2.75) is 44.7 Å². The molecule has 0 bridgehead atoms. The molecule has 6 heteroatoms. The molecule has 0 saturated heterocycles. The molecule has 112 valence electrons. The van der Waals surface area contributed by atoms with Gasteiger partial charge in [0.2, 0.25) is 10.0 Å². The van der Waals surface area contributed by atoms with E-state index >= 15 is 0 Å². The van der Waals surface area contributed by atoms with Crippen molar-refractivity contribution in [3.8, 4) is 12.3 Å². The zero-order chi connectivity index (χ0) is 15.2. The summed E-state index contributed by atoms with van der Waals surface area (Å²) in [6, 6.07) is 1.64. The molecule has 0 saturated carbocycles. The smallest absolute Gasteiger partial charge is 0.245 e. The topological polar surface area (TPSA) is 68.3 Å². The Bertz CT molecular complexity index is 570. The van der Waals surface area contributed by atoms with Crippen LogP contribution in [0, 0.1) is 12.3 Å². The van der Waals surface area contributed by atoms with E-state index in [-0.39, 0.29) is 11.4 Å². The number of terminal acetylenes is 1. The second kappa shape index (κ2) is 7.48. The number of aryl methyl sites for hydroxylation is 1. The average molecular weight is 297 g/mol. The SMILES string of the molecule is C#CCN(CCC)S(=O)(=O)c1cc(CN)n(CCC)c1. The Balaban J connectivity index is 3.17. The summed E-state index contributed by atoms with van der Waals surface area (Å²) in [5.41, 5.74) is 6.49. The molecule has 0 aliphatic rings. The maximum Gasteiger partial charge on any atom is 0.245 e. The van der Waals surface area contributed by atoms with Crippen LogP contribution in [-0.2, 0) is 23.1 Å². The van der Waals surface area contributed by atoms with E-state index in [0.29, 0.717) is 13.1 Å². The molecule has 1 aromatic rings. The summed E-state index contributed by atoms with van der Waals surface area (Å²) < 4.78 is 28.4. The first-order chi connectivity index (χ1) is 9.51. The molecule has 0 fully saturated rings. The van der Waals surface area contributed by atoms with Gasteiger partial charge in [0.1, 0.15) is 4.90 Å². The molecule has 1 rings (SSSR count). The van der Waals surface area contributed by atoms with Gasteiger partial charge in [0, 0.05) is 31.5 Å². The normalized spacial score (nSPS) is 11.8. The van der Waals surface area contributed by atoms with E-state index in [9.17, 15) is 8.42 Å². The maximum atomic E-state index is 12.6. The van der Waals surface area contributed by atoms with Gasteiger partial charge >= 0.3 is 0 Å². The molecule has 0 unspecified atom stereocenters. The van der Waals surface area contributed by atoms with Gasteiger partial charge in [-0.2, -0.15) is 4.31 Å². The van der Waals surface area contributed by atoms with E-state index in [1.54, 1.807) is 12.3 Å². The lowest BCUT2D eigenvalue weighted by molar-refractivity contribution is 0.445. The van der Waals surface area contributed by atoms with E-state index in [2.05, 4.69) is 5.92 Å². The van der Waals surface area contributed by atoms with E-state index in [0.717, 1.165) is 25.1 Å². The summed E-state index contributed by atoms with van der Waals surface area (Å²) >= 11 is 0. The number of rotatable bonds is 8. The first-order valence-corrected chi connectivity index (χ1v) is 8.27. The molecule has 0 amide bonds. The Morgan fingerprint density at radius 3 is 2.60 bits per heavy atom. The highest BCUT2D eigenvalue weighted by atomic mass is 32.2. The van der Waals surface area contributed by atoms with Gasteiger partial charge in [-0.3, -0.25) is 0 Å². The largest absolute Gasteiger partial charge is 0.349 e. The van der Waals surface area contributed by atoms with Crippen molar-refractivity contribution in [1.82, 2.24) is 8.87 Å². The monoisotopic (exact) mass is 297 g/mol. The van der Waals surface area contributed by atoms with Crippen LogP contribution in [0.1, 0.15) is 32.4 Å². The van der Waals surface area contributed by atoms with Crippen molar-refractivity contribution >= 4 is 10.0 Å². The summed E-state index contributed by atoms with van der Waals surface area (Å²) in [5.74, 6) is 2.40. The van der Waals surface area contributed by atoms with Gasteiger partial charge in [0.25, 0.3) is 0 Å². The zero-order valence-corrected chi connectivity index (χ0v) is 13.0. The van der Waals surface area contributed by atoms with Gasteiger partial charge in [-0.25, -0.2) is 8.42 Å². The number of aromatic nitrogens is 1. The van der Waals surface area contributed by atoms with Gasteiger partial charge < -0.3 is 10.3 Å². The summed E-state index contributed by atoms with van der Waals surface area (Å²) in [7, 11) is -3.54. The zero-order valence-electron chi connectivity index (χ0n) is 12.2. The van der Waals surface area contributed by atoms with Gasteiger partial charge in [-0.05, 0) is 18.9 Å². The van der Waals surface area contributed by atoms with E-state index in [4.69, 9.17) is 12.2 Å². The number of nitrogens with two attached hydrogens (primary N) is 1. The third-order valence-corrected chi connectivity index (χ3v) is 4.82. The summed E-state index contributed by atoms with van der Waals surface area (Å²) in [5, 5.41) is 0. The van der Waals surface area contributed by atoms with Crippen LogP contribution in [0.3, 0.4) is 0 Å². The Hall–Kier alpha value is -1.29. The quantitative estimate of drug-likeness (QED) is 0.737. The Labute approximate surface area is 121 Å². The molecule has 1 aromatic heterocycles. The van der Waals surface area contributed by atoms with E-state index in [1.807, 2.05) is 18.4 Å². The minimum atomic E-state index is -3.54. The lowest BCUT2D eigenvalue weighted by Gasteiger charge is -2.18. The van der Waals surface area contributed by atoms with Gasteiger partial charge in [0.05, 0.1) is 6.54 Å². The third-order valence-electron chi connectivity index (χ3n) is 3.01. The van der Waals surface area contributed by atoms with Crippen LogP contribution in [0.25, 0.3) is 0 Å². The highest BCUT2D eigenvalue weighted by Gasteiger charge is 2.25. The van der Waals surface area contributed by atoms with Crippen molar-refractivity contribution in [2.75, 3.05) is 13.1 Å². The fourth-order valence-corrected chi connectivity index (χ4v) is 3.58. The highest BCUT2D eigenvalue weighted by Crippen LogP contribution is 2.19. The fraction of sp³-hybridized carbons (Fsp3) is 0.571. The molecule has 20 heavy (non-hydrogen) atoms. The predicted molar refractivity (Wildman–Crippen MR) is 80.5 cm³/mol. The Morgan fingerprint density at radius 1 is 1.40 bits per heavy atom. The molecule has 0 atom stereocenters. The van der Waals surface area contributed by atoms with Crippen molar-refractivity contribution in [2.24, 2.45) is 5.73 Å². The molecule has 5 nitrogen and oxygen atoms in total. The van der Waals surface area contributed by atoms with Crippen molar-refractivity contribution in [3.05, 3.63) is 18.0 Å². The lowest BCUT2D eigenvalue weighted by atomic mass is 10.4. The summed E-state index contributed by atoms with van der Waals surface area (Å²) in [6.45, 7) is 5.54. The first-order valence-electron chi connectivity index (χ1n) is 6.83. The highest BCUT2D eigenvalue weighted by molar-refractivity contribution is 7.89. The van der Waals surface area contributed by atoms with Crippen molar-refractivity contribution < 1.29 is 8.42 Å². The molecular weight excluding hydrogens is 274 g/mol. The second-order valence-corrected chi connectivity index (χ2v) is 6.55. The van der Waals surface area contributed by atoms with E-state index in [1.165, 1.54) is 4.31 Å². The lowest BCUT2D eigenvalue weighted by Crippen LogP contribution is -2.32. The third kappa shape index (κ3) is 3.63. The minimum Gasteiger partial charge on any atom is -0.349 e. The molecule has 0 aromatic carbocycles. The molecule has 0 aliphatic carbocycles. The standard InChI is InChI=1S/C14H23N3O2S/c1-4-7-16-12-14(10-13(16)11-15)20(18,19)17(8-5-2)9-6-3/h2,10,12H,4,6-9,11,15H2,1,3H3. The number of sulfonamides is 1. The molecule has 0 radical (unpaired) electrons. The van der Waals surface area contributed by atoms with Crippen molar-refractivity contribution in [1.29, 1.82) is 0 Å². The van der Waals surface area contributed by atoms with Crippen LogP contribution in [-0.4, -0.2) is 30.4 Å². The van der Waals surface area contributed by atoms with Crippen molar-refractivity contribution in [3.63, 3.8) is 0 Å². The molecular formula is C14H23N3O2S. The molecule has 0 spiro atoms. The Morgan fingerprint density at radius 2 is 2.10 bits per heavy atom. The van der Waals surface area contributed by atoms with Gasteiger partial charge in [0.15, 0.2) is 0 Å². The first kappa shape index (κ1) is 16.8. The van der Waals surface area contributed by atoms with E-state index < -0.39 is 10.0 Å². The van der Waals surface area contributed by atoms with Crippen LogP contribution in [0.15, 0.2) is 17.2 Å². The summed E-state index contributed by atoms with van der Waals surface area (Å²) in [6.07, 6.45) is 8.56. The van der Waals surface area contributed by atoms with Crippen LogP contribution in [0.4, 0.5) is 0 Å². The number of hydrogen-bond donors (Lipinski definition) is 1. The Kier molecular flexibility index (Phi) is 6.27. The number of nitrogens with zero attached hydrogens (tertiary/aromatic N) is 2. The van der Waals surface area contributed by atoms with Gasteiger partial charge in [-0.15, -0.1) is 6.42 Å². The molecule has 2 N–H and O–H groups in total. The van der Waals surface area contributed by atoms with Gasteiger partial charge in [-0.1, -0.05) is 19.8 Å². The van der Waals surface area contributed by atoms with Crippen LogP contribution in [0.2, 0.25) is 0 Å². The second-order valence-electron chi connectivity index (χ2n) is 4.61. The summed E-state index contributed by atoms with van der Waals surface area (Å²) in [4.78, 5) is 0.273.